The highest BCUT2D eigenvalue weighted by molar-refractivity contribution is 5.90. The van der Waals surface area contributed by atoms with E-state index in [0.717, 1.165) is 24.0 Å². The number of carboxylic acids is 1. The molecule has 0 aliphatic carbocycles. The lowest BCUT2D eigenvalue weighted by molar-refractivity contribution is -0.136. The van der Waals surface area contributed by atoms with Crippen molar-refractivity contribution in [3.8, 4) is 0 Å². The van der Waals surface area contributed by atoms with Crippen LogP contribution in [0.3, 0.4) is 0 Å². The van der Waals surface area contributed by atoms with Crippen molar-refractivity contribution in [1.29, 1.82) is 0 Å². The lowest BCUT2D eigenvalue weighted by Gasteiger charge is -2.08. The van der Waals surface area contributed by atoms with Gasteiger partial charge in [-0.2, -0.15) is 0 Å². The van der Waals surface area contributed by atoms with Gasteiger partial charge in [-0.05, 0) is 34.8 Å². The summed E-state index contributed by atoms with van der Waals surface area (Å²) in [5, 5.41) is 11.5. The third-order valence-electron chi connectivity index (χ3n) is 3.94. The maximum absolute atomic E-state index is 11.1. The van der Waals surface area contributed by atoms with Gasteiger partial charge in [0.2, 0.25) is 0 Å². The molecule has 0 aromatic heterocycles. The van der Waals surface area contributed by atoms with E-state index >= 15 is 0 Å². The quantitative estimate of drug-likeness (QED) is 0.720. The van der Waals surface area contributed by atoms with Gasteiger partial charge in [0.05, 0.1) is 6.42 Å². The first-order chi connectivity index (χ1) is 10.7. The maximum Gasteiger partial charge on any atom is 0.307 e. The third-order valence-corrected chi connectivity index (χ3v) is 3.94. The Morgan fingerprint density at radius 2 is 1.73 bits per heavy atom. The molecule has 1 N–H and O–H groups in total. The van der Waals surface area contributed by atoms with Crippen LogP contribution in [0.2, 0.25) is 0 Å². The predicted molar refractivity (Wildman–Crippen MR) is 92.8 cm³/mol. The predicted octanol–water partition coefficient (Wildman–Crippen LogP) is 5.44. The van der Waals surface area contributed by atoms with Gasteiger partial charge in [0.25, 0.3) is 0 Å². The summed E-state index contributed by atoms with van der Waals surface area (Å²) in [6, 6.07) is 14.4. The van der Waals surface area contributed by atoms with E-state index in [1.54, 1.807) is 0 Å². The summed E-state index contributed by atoms with van der Waals surface area (Å²) in [6.07, 6.45) is 5.86. The molecule has 2 aromatic rings. The minimum atomic E-state index is -0.781. The van der Waals surface area contributed by atoms with Gasteiger partial charge in [-0.25, -0.2) is 0 Å². The van der Waals surface area contributed by atoms with Crippen LogP contribution >= 0.6 is 0 Å². The Balaban J connectivity index is 2.42. The number of carboxylic acid groups (broad SMARTS) is 1. The van der Waals surface area contributed by atoms with Crippen molar-refractivity contribution in [2.75, 3.05) is 0 Å². The van der Waals surface area contributed by atoms with Crippen molar-refractivity contribution in [2.24, 2.45) is 0 Å². The molecular formula is C20H22O2. The van der Waals surface area contributed by atoms with E-state index in [9.17, 15) is 4.79 Å². The molecule has 0 atom stereocenters. The molecule has 0 bridgehead atoms. The summed E-state index contributed by atoms with van der Waals surface area (Å²) >= 11 is 0. The van der Waals surface area contributed by atoms with E-state index in [1.807, 2.05) is 30.4 Å². The summed E-state index contributed by atoms with van der Waals surface area (Å²) in [6.45, 7) is 4.15. The van der Waals surface area contributed by atoms with E-state index in [2.05, 4.69) is 38.1 Å². The zero-order valence-electron chi connectivity index (χ0n) is 13.2. The molecule has 0 unspecified atom stereocenters. The molecule has 0 aliphatic rings. The number of allylic oxidation sites excluding steroid dienone is 2. The van der Waals surface area contributed by atoms with Crippen LogP contribution in [0.15, 0.2) is 59.7 Å². The van der Waals surface area contributed by atoms with Crippen LogP contribution in [0.25, 0.3) is 16.8 Å². The summed E-state index contributed by atoms with van der Waals surface area (Å²) < 4.78 is 0. The average molecular weight is 294 g/mol. The van der Waals surface area contributed by atoms with Gasteiger partial charge in [-0.15, -0.1) is 0 Å². The van der Waals surface area contributed by atoms with Crippen LogP contribution in [-0.2, 0) is 4.79 Å². The topological polar surface area (TPSA) is 37.3 Å². The summed E-state index contributed by atoms with van der Waals surface area (Å²) in [5.74, 6) is -0.781. The fraction of sp³-hybridized carbons (Fsp3) is 0.250. The molecule has 0 spiro atoms. The van der Waals surface area contributed by atoms with E-state index in [4.69, 9.17) is 5.11 Å². The molecule has 0 radical (unpaired) electrons. The normalized spacial score (nSPS) is 11.0. The standard InChI is InChI=1S/C20H22O2/c1-3-15(4-2)18(14-20(21)22)13-12-17-10-7-9-16-8-5-6-11-19(16)17/h5-13H,3-4,14H2,1-2H3,(H,21,22)/b13-12+. The van der Waals surface area contributed by atoms with Gasteiger partial charge in [-0.3, -0.25) is 4.79 Å². The first-order valence-electron chi connectivity index (χ1n) is 7.74. The van der Waals surface area contributed by atoms with Crippen LogP contribution in [0.5, 0.6) is 0 Å². The second-order valence-corrected chi connectivity index (χ2v) is 5.31. The molecule has 22 heavy (non-hydrogen) atoms. The van der Waals surface area contributed by atoms with Gasteiger partial charge in [0.1, 0.15) is 0 Å². The molecule has 0 saturated heterocycles. The number of rotatable bonds is 6. The fourth-order valence-corrected chi connectivity index (χ4v) is 2.75. The second kappa shape index (κ2) is 7.60. The van der Waals surface area contributed by atoms with Gasteiger partial charge >= 0.3 is 5.97 Å². The Bertz CT molecular complexity index is 712. The molecule has 0 fully saturated rings. The average Bonchev–Trinajstić information content (AvgIpc) is 2.53. The van der Waals surface area contributed by atoms with Crippen molar-refractivity contribution in [3.05, 3.63) is 65.3 Å². The van der Waals surface area contributed by atoms with E-state index in [1.165, 1.54) is 16.3 Å². The van der Waals surface area contributed by atoms with Gasteiger partial charge in [-0.1, -0.05) is 74.0 Å². The highest BCUT2D eigenvalue weighted by Crippen LogP contribution is 2.23. The van der Waals surface area contributed by atoms with Crippen molar-refractivity contribution in [3.63, 3.8) is 0 Å². The minimum absolute atomic E-state index is 0.0816. The number of hydrogen-bond donors (Lipinski definition) is 1. The highest BCUT2D eigenvalue weighted by atomic mass is 16.4. The smallest absolute Gasteiger partial charge is 0.307 e. The summed E-state index contributed by atoms with van der Waals surface area (Å²) in [5.41, 5.74) is 3.25. The number of benzene rings is 2. The van der Waals surface area contributed by atoms with Crippen LogP contribution in [0.1, 0.15) is 38.7 Å². The second-order valence-electron chi connectivity index (χ2n) is 5.31. The molecule has 2 aromatic carbocycles. The minimum Gasteiger partial charge on any atom is -0.481 e. The molecule has 0 saturated carbocycles. The summed E-state index contributed by atoms with van der Waals surface area (Å²) in [7, 11) is 0. The number of aliphatic carboxylic acids is 1. The zero-order chi connectivity index (χ0) is 15.9. The van der Waals surface area contributed by atoms with Crippen LogP contribution in [0, 0.1) is 0 Å². The van der Waals surface area contributed by atoms with Crippen LogP contribution in [0.4, 0.5) is 0 Å². The van der Waals surface area contributed by atoms with Crippen LogP contribution in [-0.4, -0.2) is 11.1 Å². The Morgan fingerprint density at radius 1 is 1.05 bits per heavy atom. The Kier molecular flexibility index (Phi) is 5.54. The van der Waals surface area contributed by atoms with Gasteiger partial charge < -0.3 is 5.11 Å². The van der Waals surface area contributed by atoms with E-state index in [-0.39, 0.29) is 6.42 Å². The van der Waals surface area contributed by atoms with E-state index < -0.39 is 5.97 Å². The lowest BCUT2D eigenvalue weighted by Crippen LogP contribution is -1.99. The van der Waals surface area contributed by atoms with Crippen molar-refractivity contribution in [2.45, 2.75) is 33.1 Å². The summed E-state index contributed by atoms with van der Waals surface area (Å²) in [4.78, 5) is 11.1. The third kappa shape index (κ3) is 3.85. The molecule has 0 amide bonds. The molecule has 2 heteroatoms. The molecular weight excluding hydrogens is 272 g/mol. The molecule has 0 heterocycles. The maximum atomic E-state index is 11.1. The Morgan fingerprint density at radius 3 is 2.41 bits per heavy atom. The largest absolute Gasteiger partial charge is 0.481 e. The van der Waals surface area contributed by atoms with Gasteiger partial charge in [0.15, 0.2) is 0 Å². The van der Waals surface area contributed by atoms with Crippen molar-refractivity contribution >= 4 is 22.8 Å². The van der Waals surface area contributed by atoms with Crippen molar-refractivity contribution in [1.82, 2.24) is 0 Å². The molecule has 114 valence electrons. The first-order valence-corrected chi connectivity index (χ1v) is 7.74. The Hall–Kier alpha value is -2.35. The monoisotopic (exact) mass is 294 g/mol. The Labute approximate surface area is 131 Å². The molecule has 0 aliphatic heterocycles. The number of carbonyl (C=O) groups is 1. The molecule has 2 nitrogen and oxygen atoms in total. The molecule has 2 rings (SSSR count). The van der Waals surface area contributed by atoms with Gasteiger partial charge in [0, 0.05) is 0 Å². The number of hydrogen-bond acceptors (Lipinski definition) is 1. The zero-order valence-corrected chi connectivity index (χ0v) is 13.2. The number of fused-ring (bicyclic) bond motifs is 1. The van der Waals surface area contributed by atoms with Crippen molar-refractivity contribution < 1.29 is 9.90 Å². The lowest BCUT2D eigenvalue weighted by atomic mass is 9.98. The van der Waals surface area contributed by atoms with Crippen LogP contribution < -0.4 is 0 Å². The van der Waals surface area contributed by atoms with E-state index in [0.29, 0.717) is 0 Å². The SMILES string of the molecule is CCC(CC)=C(/C=C/c1cccc2ccccc12)CC(=O)O. The highest BCUT2D eigenvalue weighted by Gasteiger charge is 2.06. The first kappa shape index (κ1) is 16.0. The fourth-order valence-electron chi connectivity index (χ4n) is 2.75.